The first-order valence-corrected chi connectivity index (χ1v) is 16.8. The van der Waals surface area contributed by atoms with Gasteiger partial charge in [-0.25, -0.2) is 9.78 Å². The molecule has 0 saturated carbocycles. The van der Waals surface area contributed by atoms with Crippen molar-refractivity contribution in [2.75, 3.05) is 5.32 Å². The van der Waals surface area contributed by atoms with Crippen LogP contribution in [0.1, 0.15) is 99.5 Å². The summed E-state index contributed by atoms with van der Waals surface area (Å²) in [6.45, 7) is 11.0. The van der Waals surface area contributed by atoms with Crippen LogP contribution in [-0.4, -0.2) is 56.2 Å². The SMILES string of the molecule is CC(C)(C)OC(=O)Cc1nc2c(s1)CCC2C(=O)Nc1ccc(C[C@@H]2CC[C@H]([C@H](O)c3ccccc3)N2C(=O)OC(C)(C)C)cc1. The van der Waals surface area contributed by atoms with E-state index < -0.39 is 29.4 Å². The molecule has 1 aliphatic carbocycles. The Morgan fingerprint density at radius 1 is 0.957 bits per heavy atom. The van der Waals surface area contributed by atoms with Crippen molar-refractivity contribution in [3.63, 3.8) is 0 Å². The van der Waals surface area contributed by atoms with Crippen molar-refractivity contribution < 1.29 is 29.0 Å². The third kappa shape index (κ3) is 8.33. The largest absolute Gasteiger partial charge is 0.460 e. The van der Waals surface area contributed by atoms with Crippen LogP contribution in [-0.2, 0) is 38.3 Å². The van der Waals surface area contributed by atoms with Crippen LogP contribution in [0, 0.1) is 0 Å². The Morgan fingerprint density at radius 3 is 2.28 bits per heavy atom. The zero-order chi connectivity index (χ0) is 33.2. The Hall–Kier alpha value is -3.76. The second-order valence-corrected chi connectivity index (χ2v) is 15.4. The van der Waals surface area contributed by atoms with Gasteiger partial charge >= 0.3 is 12.1 Å². The van der Waals surface area contributed by atoms with Gasteiger partial charge in [-0.2, -0.15) is 0 Å². The highest BCUT2D eigenvalue weighted by molar-refractivity contribution is 7.11. The van der Waals surface area contributed by atoms with E-state index in [4.69, 9.17) is 9.47 Å². The molecule has 2 amide bonds. The number of hydrogen-bond acceptors (Lipinski definition) is 8. The predicted molar refractivity (Wildman–Crippen MR) is 178 cm³/mol. The number of thiazole rings is 1. The molecular weight excluding hydrogens is 602 g/mol. The van der Waals surface area contributed by atoms with E-state index in [9.17, 15) is 19.5 Å². The average molecular weight is 648 g/mol. The lowest BCUT2D eigenvalue weighted by Crippen LogP contribution is -2.47. The average Bonchev–Trinajstić information content (AvgIpc) is 3.66. The van der Waals surface area contributed by atoms with E-state index in [-0.39, 0.29) is 30.3 Å². The van der Waals surface area contributed by atoms with E-state index in [1.165, 1.54) is 11.3 Å². The van der Waals surface area contributed by atoms with Gasteiger partial charge in [-0.05, 0) is 96.9 Å². The van der Waals surface area contributed by atoms with E-state index in [1.54, 1.807) is 4.90 Å². The van der Waals surface area contributed by atoms with E-state index in [1.807, 2.05) is 96.1 Å². The fourth-order valence-electron chi connectivity index (χ4n) is 6.23. The molecule has 2 heterocycles. The number of nitrogens with one attached hydrogen (secondary N) is 1. The van der Waals surface area contributed by atoms with Crippen LogP contribution < -0.4 is 5.32 Å². The van der Waals surface area contributed by atoms with Crippen molar-refractivity contribution in [3.05, 3.63) is 81.3 Å². The third-order valence-corrected chi connectivity index (χ3v) is 9.27. The number of hydrogen-bond donors (Lipinski definition) is 2. The highest BCUT2D eigenvalue weighted by Gasteiger charge is 2.43. The van der Waals surface area contributed by atoms with Gasteiger partial charge in [0.15, 0.2) is 0 Å². The number of aromatic nitrogens is 1. The molecule has 1 fully saturated rings. The van der Waals surface area contributed by atoms with Gasteiger partial charge in [0.1, 0.15) is 16.2 Å². The quantitative estimate of drug-likeness (QED) is 0.260. The summed E-state index contributed by atoms with van der Waals surface area (Å²) in [7, 11) is 0. The molecule has 10 heteroatoms. The van der Waals surface area contributed by atoms with Crippen LogP contribution >= 0.6 is 11.3 Å². The van der Waals surface area contributed by atoms with Crippen LogP contribution in [0.5, 0.6) is 0 Å². The lowest BCUT2D eigenvalue weighted by molar-refractivity contribution is -0.153. The van der Waals surface area contributed by atoms with Gasteiger partial charge in [0.2, 0.25) is 5.91 Å². The first kappa shape index (κ1) is 33.6. The number of fused-ring (bicyclic) bond motifs is 1. The molecule has 9 nitrogen and oxygen atoms in total. The van der Waals surface area contributed by atoms with Crippen molar-refractivity contribution in [1.82, 2.24) is 9.88 Å². The van der Waals surface area contributed by atoms with Gasteiger partial charge in [0, 0.05) is 16.6 Å². The minimum absolute atomic E-state index is 0.100. The van der Waals surface area contributed by atoms with Crippen LogP contribution in [0.4, 0.5) is 10.5 Å². The number of ether oxygens (including phenoxy) is 2. The monoisotopic (exact) mass is 647 g/mol. The lowest BCUT2D eigenvalue weighted by Gasteiger charge is -2.35. The van der Waals surface area contributed by atoms with Crippen molar-refractivity contribution >= 4 is 35.0 Å². The Labute approximate surface area is 275 Å². The maximum Gasteiger partial charge on any atom is 0.410 e. The molecule has 2 N–H and O–H groups in total. The number of aliphatic hydroxyl groups is 1. The molecule has 246 valence electrons. The van der Waals surface area contributed by atoms with Crippen LogP contribution in [0.15, 0.2) is 54.6 Å². The Bertz CT molecular complexity index is 1540. The number of amides is 2. The standard InChI is InChI=1S/C36H45N3O6S/c1-35(2,3)44-30(40)21-29-38-31-26(17-19-28(31)46-29)33(42)37-24-14-12-22(13-15-24)20-25-16-18-27(32(41)23-10-8-7-9-11-23)39(25)34(43)45-36(4,5)6/h7-15,25-27,32,41H,16-21H2,1-6H3,(H,37,42)/t25-,26?,27+,32+/m0/s1. The molecule has 1 saturated heterocycles. The van der Waals surface area contributed by atoms with Gasteiger partial charge < -0.3 is 19.9 Å². The Morgan fingerprint density at radius 2 is 1.63 bits per heavy atom. The highest BCUT2D eigenvalue weighted by Crippen LogP contribution is 2.38. The molecule has 4 atom stereocenters. The summed E-state index contributed by atoms with van der Waals surface area (Å²) in [6, 6.07) is 16.6. The number of nitrogens with zero attached hydrogens (tertiary/aromatic N) is 2. The van der Waals surface area contributed by atoms with Crippen molar-refractivity contribution in [2.45, 2.75) is 115 Å². The van der Waals surface area contributed by atoms with Gasteiger partial charge in [-0.1, -0.05) is 42.5 Å². The van der Waals surface area contributed by atoms with Gasteiger partial charge in [-0.3, -0.25) is 14.5 Å². The number of aliphatic hydroxyl groups excluding tert-OH is 1. The number of esters is 1. The number of benzene rings is 2. The minimum atomic E-state index is -0.821. The van der Waals surface area contributed by atoms with Crippen molar-refractivity contribution in [3.8, 4) is 0 Å². The van der Waals surface area contributed by atoms with E-state index in [0.717, 1.165) is 34.5 Å². The molecule has 2 aliphatic rings. The summed E-state index contributed by atoms with van der Waals surface area (Å²) in [5, 5.41) is 15.0. The zero-order valence-electron chi connectivity index (χ0n) is 27.5. The lowest BCUT2D eigenvalue weighted by atomic mass is 10.0. The molecule has 5 rings (SSSR count). The second kappa shape index (κ2) is 13.5. The summed E-state index contributed by atoms with van der Waals surface area (Å²) in [6.07, 6.45) is 2.29. The van der Waals surface area contributed by atoms with Gasteiger partial charge in [0.05, 0.1) is 30.2 Å². The van der Waals surface area contributed by atoms with E-state index in [2.05, 4.69) is 10.3 Å². The summed E-state index contributed by atoms with van der Waals surface area (Å²) in [5.74, 6) is -0.812. The number of anilines is 1. The van der Waals surface area contributed by atoms with Crippen LogP contribution in [0.2, 0.25) is 0 Å². The highest BCUT2D eigenvalue weighted by atomic mass is 32.1. The maximum absolute atomic E-state index is 13.4. The van der Waals surface area contributed by atoms with Crippen molar-refractivity contribution in [1.29, 1.82) is 0 Å². The minimum Gasteiger partial charge on any atom is -0.460 e. The fraction of sp³-hybridized carbons (Fsp3) is 0.500. The number of carbonyl (C=O) groups excluding carboxylic acids is 3. The zero-order valence-corrected chi connectivity index (χ0v) is 28.4. The molecule has 2 aromatic carbocycles. The molecule has 0 bridgehead atoms. The van der Waals surface area contributed by atoms with Gasteiger partial charge in [0.25, 0.3) is 0 Å². The number of aryl methyl sites for hydroxylation is 1. The Kier molecular flexibility index (Phi) is 9.89. The summed E-state index contributed by atoms with van der Waals surface area (Å²) < 4.78 is 11.2. The second-order valence-electron chi connectivity index (χ2n) is 14.2. The fourth-order valence-corrected chi connectivity index (χ4v) is 7.36. The molecule has 1 aromatic heterocycles. The summed E-state index contributed by atoms with van der Waals surface area (Å²) in [5.41, 5.74) is 2.00. The normalized spacial score (nSPS) is 20.2. The predicted octanol–water partition coefficient (Wildman–Crippen LogP) is 6.74. The number of carbonyl (C=O) groups is 3. The summed E-state index contributed by atoms with van der Waals surface area (Å²) >= 11 is 1.48. The summed E-state index contributed by atoms with van der Waals surface area (Å²) in [4.78, 5) is 46.4. The molecule has 3 aromatic rings. The molecule has 0 radical (unpaired) electrons. The third-order valence-electron chi connectivity index (χ3n) is 8.14. The van der Waals surface area contributed by atoms with E-state index >= 15 is 0 Å². The first-order chi connectivity index (χ1) is 21.7. The maximum atomic E-state index is 13.4. The number of rotatable bonds is 8. The molecular formula is C36H45N3O6S. The number of likely N-dealkylation sites (tertiary alicyclic amines) is 1. The smallest absolute Gasteiger partial charge is 0.410 e. The van der Waals surface area contributed by atoms with Crippen molar-refractivity contribution in [2.24, 2.45) is 0 Å². The molecule has 1 unspecified atom stereocenters. The Balaban J connectivity index is 1.23. The first-order valence-electron chi connectivity index (χ1n) is 16.0. The van der Waals surface area contributed by atoms with Crippen LogP contribution in [0.3, 0.4) is 0 Å². The van der Waals surface area contributed by atoms with E-state index in [0.29, 0.717) is 30.0 Å². The molecule has 46 heavy (non-hydrogen) atoms. The van der Waals surface area contributed by atoms with Crippen LogP contribution in [0.25, 0.3) is 0 Å². The molecule has 0 spiro atoms. The molecule has 1 aliphatic heterocycles. The topological polar surface area (TPSA) is 118 Å². The van der Waals surface area contributed by atoms with Gasteiger partial charge in [-0.15, -0.1) is 11.3 Å².